The van der Waals surface area contributed by atoms with Crippen LogP contribution in [0.4, 0.5) is 5.69 Å². The van der Waals surface area contributed by atoms with Crippen LogP contribution in [0.2, 0.25) is 0 Å². The lowest BCUT2D eigenvalue weighted by molar-refractivity contribution is -0.136. The van der Waals surface area contributed by atoms with Crippen molar-refractivity contribution in [2.24, 2.45) is 5.92 Å². The topological polar surface area (TPSA) is 83.8 Å². The first-order valence-electron chi connectivity index (χ1n) is 10.5. The number of carbonyl (C=O) groups excluding carboxylic acids is 2. The number of hydrogen-bond acceptors (Lipinski definition) is 5. The number of nitrogens with one attached hydrogen (secondary N) is 2. The summed E-state index contributed by atoms with van der Waals surface area (Å²) in [5, 5.41) is 5.39. The number of piperidine rings is 1. The highest BCUT2D eigenvalue weighted by Crippen LogP contribution is 2.21. The molecule has 2 N–H and O–H groups in total. The normalized spacial score (nSPS) is 15.0. The molecule has 1 fully saturated rings. The van der Waals surface area contributed by atoms with Crippen molar-refractivity contribution in [3.8, 4) is 5.75 Å². The van der Waals surface area contributed by atoms with Gasteiger partial charge in [-0.25, -0.2) is 0 Å². The first-order valence-corrected chi connectivity index (χ1v) is 10.5. The molecular weight excluding hydrogens is 382 g/mol. The van der Waals surface area contributed by atoms with Gasteiger partial charge in [0.05, 0.1) is 6.61 Å². The van der Waals surface area contributed by atoms with Gasteiger partial charge in [0.25, 0.3) is 0 Å². The molecule has 0 radical (unpaired) electrons. The SMILES string of the molecule is CCOc1ccc(NC(=O)C(=O)NCC2CCN(Cc3cc(C)oc3C)CC2)cc1. The van der Waals surface area contributed by atoms with Crippen LogP contribution in [-0.4, -0.2) is 43.0 Å². The molecule has 3 rings (SSSR count). The minimum atomic E-state index is -0.651. The Morgan fingerprint density at radius 2 is 1.83 bits per heavy atom. The average Bonchev–Trinajstić information content (AvgIpc) is 3.05. The van der Waals surface area contributed by atoms with Crippen LogP contribution in [0.5, 0.6) is 5.75 Å². The van der Waals surface area contributed by atoms with Crippen LogP contribution in [0.3, 0.4) is 0 Å². The number of amides is 2. The summed E-state index contributed by atoms with van der Waals surface area (Å²) in [5.74, 6) is 1.79. The Morgan fingerprint density at radius 1 is 1.13 bits per heavy atom. The maximum absolute atomic E-state index is 12.1. The maximum atomic E-state index is 12.1. The zero-order chi connectivity index (χ0) is 21.5. The predicted octanol–water partition coefficient (Wildman–Crippen LogP) is 3.26. The van der Waals surface area contributed by atoms with Crippen molar-refractivity contribution in [3.05, 3.63) is 47.4 Å². The average molecular weight is 414 g/mol. The van der Waals surface area contributed by atoms with Gasteiger partial charge in [-0.05, 0) is 83.0 Å². The van der Waals surface area contributed by atoms with Gasteiger partial charge in [-0.2, -0.15) is 0 Å². The smallest absolute Gasteiger partial charge is 0.313 e. The van der Waals surface area contributed by atoms with Crippen molar-refractivity contribution >= 4 is 17.5 Å². The van der Waals surface area contributed by atoms with E-state index < -0.39 is 11.8 Å². The number of rotatable bonds is 7. The molecule has 1 aliphatic heterocycles. The fourth-order valence-corrected chi connectivity index (χ4v) is 3.74. The number of anilines is 1. The summed E-state index contributed by atoms with van der Waals surface area (Å²) in [6, 6.07) is 9.06. The molecule has 1 aliphatic rings. The Morgan fingerprint density at radius 3 is 2.43 bits per heavy atom. The van der Waals surface area contributed by atoms with E-state index >= 15 is 0 Å². The van der Waals surface area contributed by atoms with Gasteiger partial charge in [-0.3, -0.25) is 14.5 Å². The molecule has 0 unspecified atom stereocenters. The van der Waals surface area contributed by atoms with E-state index in [2.05, 4.69) is 21.6 Å². The van der Waals surface area contributed by atoms with Crippen LogP contribution < -0.4 is 15.4 Å². The van der Waals surface area contributed by atoms with Gasteiger partial charge in [0.1, 0.15) is 17.3 Å². The molecule has 0 saturated carbocycles. The highest BCUT2D eigenvalue weighted by atomic mass is 16.5. The van der Waals surface area contributed by atoms with Gasteiger partial charge < -0.3 is 19.8 Å². The molecule has 0 bridgehead atoms. The first-order chi connectivity index (χ1) is 14.4. The second kappa shape index (κ2) is 10.3. The summed E-state index contributed by atoms with van der Waals surface area (Å²) >= 11 is 0. The molecule has 1 aromatic carbocycles. The Bertz CT molecular complexity index is 852. The van der Waals surface area contributed by atoms with E-state index in [1.54, 1.807) is 24.3 Å². The van der Waals surface area contributed by atoms with Gasteiger partial charge >= 0.3 is 11.8 Å². The van der Waals surface area contributed by atoms with Crippen molar-refractivity contribution in [2.75, 3.05) is 31.6 Å². The minimum Gasteiger partial charge on any atom is -0.494 e. The molecule has 7 nitrogen and oxygen atoms in total. The van der Waals surface area contributed by atoms with Crippen LogP contribution in [-0.2, 0) is 16.1 Å². The highest BCUT2D eigenvalue weighted by molar-refractivity contribution is 6.39. The highest BCUT2D eigenvalue weighted by Gasteiger charge is 2.22. The van der Waals surface area contributed by atoms with Crippen LogP contribution in [0.1, 0.15) is 36.8 Å². The van der Waals surface area contributed by atoms with Gasteiger partial charge in [0, 0.05) is 24.3 Å². The lowest BCUT2D eigenvalue weighted by atomic mass is 9.96. The van der Waals surface area contributed by atoms with Crippen molar-refractivity contribution in [1.29, 1.82) is 0 Å². The maximum Gasteiger partial charge on any atom is 0.313 e. The van der Waals surface area contributed by atoms with Crippen molar-refractivity contribution < 1.29 is 18.7 Å². The number of hydrogen-bond donors (Lipinski definition) is 2. The molecule has 0 spiro atoms. The predicted molar refractivity (Wildman–Crippen MR) is 115 cm³/mol. The molecular formula is C23H31N3O4. The van der Waals surface area contributed by atoms with E-state index in [0.29, 0.717) is 24.8 Å². The zero-order valence-corrected chi connectivity index (χ0v) is 18.0. The Labute approximate surface area is 177 Å². The summed E-state index contributed by atoms with van der Waals surface area (Å²) in [7, 11) is 0. The number of ether oxygens (including phenoxy) is 1. The number of carbonyl (C=O) groups is 2. The number of benzene rings is 1. The number of likely N-dealkylation sites (tertiary alicyclic amines) is 1. The summed E-state index contributed by atoms with van der Waals surface area (Å²) < 4.78 is 11.0. The minimum absolute atomic E-state index is 0.385. The van der Waals surface area contributed by atoms with E-state index in [1.165, 1.54) is 5.56 Å². The van der Waals surface area contributed by atoms with Crippen LogP contribution in [0.15, 0.2) is 34.7 Å². The zero-order valence-electron chi connectivity index (χ0n) is 18.0. The number of aryl methyl sites for hydroxylation is 2. The molecule has 0 atom stereocenters. The molecule has 162 valence electrons. The van der Waals surface area contributed by atoms with E-state index in [-0.39, 0.29) is 0 Å². The Kier molecular flexibility index (Phi) is 7.52. The van der Waals surface area contributed by atoms with Gasteiger partial charge in [-0.15, -0.1) is 0 Å². The summed E-state index contributed by atoms with van der Waals surface area (Å²) in [4.78, 5) is 26.7. The van der Waals surface area contributed by atoms with Gasteiger partial charge in [0.2, 0.25) is 0 Å². The number of nitrogens with zero attached hydrogens (tertiary/aromatic N) is 1. The fraction of sp³-hybridized carbons (Fsp3) is 0.478. The van der Waals surface area contributed by atoms with Crippen LogP contribution in [0, 0.1) is 19.8 Å². The summed E-state index contributed by atoms with van der Waals surface area (Å²) in [6.07, 6.45) is 1.99. The molecule has 1 saturated heterocycles. The number of furan rings is 1. The third-order valence-corrected chi connectivity index (χ3v) is 5.43. The van der Waals surface area contributed by atoms with Crippen LogP contribution in [0.25, 0.3) is 0 Å². The van der Waals surface area contributed by atoms with E-state index in [9.17, 15) is 9.59 Å². The van der Waals surface area contributed by atoms with Gasteiger partial charge in [-0.1, -0.05) is 0 Å². The summed E-state index contributed by atoms with van der Waals surface area (Å²) in [5.41, 5.74) is 1.81. The van der Waals surface area contributed by atoms with Crippen molar-refractivity contribution in [1.82, 2.24) is 10.2 Å². The van der Waals surface area contributed by atoms with Crippen molar-refractivity contribution in [2.45, 2.75) is 40.2 Å². The molecule has 2 aromatic rings. The second-order valence-electron chi connectivity index (χ2n) is 7.78. The van der Waals surface area contributed by atoms with E-state index in [0.717, 1.165) is 49.7 Å². The third kappa shape index (κ3) is 6.10. The standard InChI is InChI=1S/C23H31N3O4/c1-4-29-21-7-5-20(6-8-21)25-23(28)22(27)24-14-18-9-11-26(12-10-18)15-19-13-16(2)30-17(19)3/h5-8,13,18H,4,9-12,14-15H2,1-3H3,(H,24,27)(H,25,28). The quantitative estimate of drug-likeness (QED) is 0.681. The van der Waals surface area contributed by atoms with E-state index in [4.69, 9.17) is 9.15 Å². The molecule has 7 heteroatoms. The second-order valence-corrected chi connectivity index (χ2v) is 7.78. The summed E-state index contributed by atoms with van der Waals surface area (Å²) in [6.45, 7) is 9.83. The monoisotopic (exact) mass is 413 g/mol. The molecule has 2 amide bonds. The first kappa shape index (κ1) is 21.9. The molecule has 2 heterocycles. The largest absolute Gasteiger partial charge is 0.494 e. The molecule has 1 aromatic heterocycles. The molecule has 0 aliphatic carbocycles. The lowest BCUT2D eigenvalue weighted by Crippen LogP contribution is -2.41. The van der Waals surface area contributed by atoms with E-state index in [1.807, 2.05) is 20.8 Å². The Hall–Kier alpha value is -2.80. The lowest BCUT2D eigenvalue weighted by Gasteiger charge is -2.31. The third-order valence-electron chi connectivity index (χ3n) is 5.43. The molecule has 30 heavy (non-hydrogen) atoms. The van der Waals surface area contributed by atoms with Crippen LogP contribution >= 0.6 is 0 Å². The fourth-order valence-electron chi connectivity index (χ4n) is 3.74. The van der Waals surface area contributed by atoms with Crippen molar-refractivity contribution in [3.63, 3.8) is 0 Å². The Balaban J connectivity index is 1.37. The van der Waals surface area contributed by atoms with Gasteiger partial charge in [0.15, 0.2) is 0 Å².